The monoisotopic (exact) mass is 519 g/mol. The Morgan fingerprint density at radius 1 is 1.15 bits per heavy atom. The highest BCUT2D eigenvalue weighted by atomic mass is 35.7. The lowest BCUT2D eigenvalue weighted by atomic mass is 10.0. The van der Waals surface area contributed by atoms with Crippen molar-refractivity contribution in [1.29, 1.82) is 0 Å². The van der Waals surface area contributed by atoms with Gasteiger partial charge in [0.05, 0.1) is 23.4 Å². The van der Waals surface area contributed by atoms with Crippen molar-refractivity contribution >= 4 is 48.9 Å². The normalized spacial score (nSPS) is 11.8. The summed E-state index contributed by atoms with van der Waals surface area (Å²) in [5, 5.41) is -0.00340. The number of benzene rings is 2. The van der Waals surface area contributed by atoms with Gasteiger partial charge in [0.15, 0.2) is 0 Å². The highest BCUT2D eigenvalue weighted by molar-refractivity contribution is 8.13. The fraction of sp³-hybridized carbons (Fsp3) is 0.100. The van der Waals surface area contributed by atoms with Crippen LogP contribution in [0.15, 0.2) is 59.6 Å². The van der Waals surface area contributed by atoms with E-state index in [9.17, 15) is 26.4 Å². The van der Waals surface area contributed by atoms with E-state index in [0.717, 1.165) is 29.3 Å². The first kappa shape index (κ1) is 24.6. The number of hydrogen-bond donors (Lipinski definition) is 1. The maximum Gasteiger partial charge on any atom is 0.416 e. The van der Waals surface area contributed by atoms with Crippen LogP contribution in [-0.4, -0.2) is 26.5 Å². The van der Waals surface area contributed by atoms with Crippen LogP contribution in [0.3, 0.4) is 0 Å². The molecular formula is C20H14Cl2F3N3O4S. The number of anilines is 2. The van der Waals surface area contributed by atoms with Gasteiger partial charge >= 0.3 is 12.2 Å². The number of ether oxygens (including phenoxy) is 1. The van der Waals surface area contributed by atoms with Crippen LogP contribution in [-0.2, 0) is 15.2 Å². The molecule has 0 saturated heterocycles. The van der Waals surface area contributed by atoms with Crippen molar-refractivity contribution in [3.8, 4) is 16.9 Å². The van der Waals surface area contributed by atoms with Gasteiger partial charge in [0.2, 0.25) is 0 Å². The van der Waals surface area contributed by atoms with Gasteiger partial charge in [0, 0.05) is 22.4 Å². The summed E-state index contributed by atoms with van der Waals surface area (Å²) in [6, 6.07) is 8.45. The standard InChI is InChI=1S/C20H14Cl2F3N3O4S/c1-32-17-8-14(11-3-2-4-12(7-11)20(23,24)25)15(21)9-16(17)28(19(26)29)18-6-5-13(10-27-18)33(22,30)31/h2-10H,1H3,(H2,26,29). The molecule has 0 aliphatic heterocycles. The zero-order chi connectivity index (χ0) is 24.6. The summed E-state index contributed by atoms with van der Waals surface area (Å²) in [5.41, 5.74) is 5.04. The van der Waals surface area contributed by atoms with Gasteiger partial charge in [-0.2, -0.15) is 13.2 Å². The van der Waals surface area contributed by atoms with Crippen molar-refractivity contribution in [3.63, 3.8) is 0 Å². The highest BCUT2D eigenvalue weighted by Gasteiger charge is 2.31. The number of rotatable bonds is 5. The van der Waals surface area contributed by atoms with E-state index in [2.05, 4.69) is 4.98 Å². The van der Waals surface area contributed by atoms with Crippen LogP contribution in [0.4, 0.5) is 29.5 Å². The van der Waals surface area contributed by atoms with Crippen LogP contribution in [0.5, 0.6) is 5.75 Å². The molecule has 7 nitrogen and oxygen atoms in total. The molecule has 3 rings (SSSR count). The number of amides is 2. The maximum absolute atomic E-state index is 13.1. The van der Waals surface area contributed by atoms with Crippen molar-refractivity contribution in [2.24, 2.45) is 5.73 Å². The molecule has 0 radical (unpaired) electrons. The van der Waals surface area contributed by atoms with Gasteiger partial charge in [-0.3, -0.25) is 0 Å². The quantitative estimate of drug-likeness (QED) is 0.443. The molecule has 174 valence electrons. The van der Waals surface area contributed by atoms with E-state index in [0.29, 0.717) is 0 Å². The van der Waals surface area contributed by atoms with E-state index >= 15 is 0 Å². The molecule has 2 amide bonds. The molecule has 0 bridgehead atoms. The zero-order valence-electron chi connectivity index (χ0n) is 16.6. The lowest BCUT2D eigenvalue weighted by molar-refractivity contribution is -0.137. The molecule has 2 aromatic carbocycles. The van der Waals surface area contributed by atoms with Crippen molar-refractivity contribution in [2.75, 3.05) is 12.0 Å². The zero-order valence-corrected chi connectivity index (χ0v) is 18.9. The molecule has 0 unspecified atom stereocenters. The first-order valence-corrected chi connectivity index (χ1v) is 11.6. The Morgan fingerprint density at radius 3 is 2.36 bits per heavy atom. The first-order chi connectivity index (χ1) is 15.3. The number of methoxy groups -OCH3 is 1. The van der Waals surface area contributed by atoms with Crippen molar-refractivity contribution < 1.29 is 31.1 Å². The number of pyridine rings is 1. The predicted octanol–water partition coefficient (Wildman–Crippen LogP) is 5.57. The SMILES string of the molecule is COc1cc(-c2cccc(C(F)(F)F)c2)c(Cl)cc1N(C(N)=O)c1ccc(S(=O)(=O)Cl)cn1. The molecule has 2 N–H and O–H groups in total. The third-order valence-electron chi connectivity index (χ3n) is 4.46. The van der Waals surface area contributed by atoms with E-state index in [1.54, 1.807) is 0 Å². The summed E-state index contributed by atoms with van der Waals surface area (Å²) < 4.78 is 67.5. The molecular weight excluding hydrogens is 506 g/mol. The fourth-order valence-electron chi connectivity index (χ4n) is 2.97. The predicted molar refractivity (Wildman–Crippen MR) is 117 cm³/mol. The molecule has 1 aromatic heterocycles. The average molecular weight is 520 g/mol. The summed E-state index contributed by atoms with van der Waals surface area (Å²) in [6.45, 7) is 0. The molecule has 0 atom stereocenters. The van der Waals surface area contributed by atoms with Gasteiger partial charge in [-0.25, -0.2) is 23.1 Å². The van der Waals surface area contributed by atoms with Crippen molar-refractivity contribution in [1.82, 2.24) is 4.98 Å². The molecule has 0 aliphatic carbocycles. The minimum absolute atomic E-state index is 0.00340. The Morgan fingerprint density at radius 2 is 1.85 bits per heavy atom. The van der Waals surface area contributed by atoms with E-state index in [1.165, 1.54) is 37.4 Å². The number of alkyl halides is 3. The molecule has 13 heteroatoms. The Bertz CT molecular complexity index is 1320. The fourth-order valence-corrected chi connectivity index (χ4v) is 3.92. The lowest BCUT2D eigenvalue weighted by Crippen LogP contribution is -2.32. The van der Waals surface area contributed by atoms with Crippen LogP contribution in [0.2, 0.25) is 5.02 Å². The van der Waals surface area contributed by atoms with Crippen molar-refractivity contribution in [3.05, 3.63) is 65.3 Å². The average Bonchev–Trinajstić information content (AvgIpc) is 2.73. The van der Waals surface area contributed by atoms with Gasteiger partial charge in [-0.15, -0.1) is 0 Å². The Hall–Kier alpha value is -3.02. The van der Waals surface area contributed by atoms with E-state index in [-0.39, 0.29) is 38.3 Å². The Kier molecular flexibility index (Phi) is 6.78. The number of primary amides is 1. The van der Waals surface area contributed by atoms with Crippen LogP contribution in [0.25, 0.3) is 11.1 Å². The second kappa shape index (κ2) is 9.08. The van der Waals surface area contributed by atoms with E-state index in [4.69, 9.17) is 32.8 Å². The second-order valence-corrected chi connectivity index (χ2v) is 9.52. The molecule has 1 heterocycles. The Balaban J connectivity index is 2.13. The largest absolute Gasteiger partial charge is 0.495 e. The van der Waals surface area contributed by atoms with Crippen LogP contribution >= 0.6 is 22.3 Å². The van der Waals surface area contributed by atoms with Crippen LogP contribution in [0.1, 0.15) is 5.56 Å². The molecule has 0 aliphatic rings. The van der Waals surface area contributed by atoms with Crippen LogP contribution < -0.4 is 15.4 Å². The third kappa shape index (κ3) is 5.32. The summed E-state index contributed by atoms with van der Waals surface area (Å²) in [5.74, 6) is -0.0331. The summed E-state index contributed by atoms with van der Waals surface area (Å²) in [4.78, 5) is 16.7. The maximum atomic E-state index is 13.1. The summed E-state index contributed by atoms with van der Waals surface area (Å²) in [7, 11) is 2.50. The van der Waals surface area contributed by atoms with Crippen LogP contribution in [0, 0.1) is 0 Å². The lowest BCUT2D eigenvalue weighted by Gasteiger charge is -2.23. The van der Waals surface area contributed by atoms with E-state index in [1.807, 2.05) is 0 Å². The number of urea groups is 1. The number of carbonyl (C=O) groups is 1. The highest BCUT2D eigenvalue weighted by Crippen LogP contribution is 2.42. The summed E-state index contributed by atoms with van der Waals surface area (Å²) >= 11 is 6.35. The van der Waals surface area contributed by atoms with Gasteiger partial charge < -0.3 is 10.5 Å². The molecule has 0 saturated carbocycles. The van der Waals surface area contributed by atoms with E-state index < -0.39 is 26.8 Å². The molecule has 3 aromatic rings. The van der Waals surface area contributed by atoms with Gasteiger partial charge in [-0.05, 0) is 42.0 Å². The first-order valence-electron chi connectivity index (χ1n) is 8.88. The summed E-state index contributed by atoms with van der Waals surface area (Å²) in [6.07, 6.45) is -3.62. The van der Waals surface area contributed by atoms with Gasteiger partial charge in [0.25, 0.3) is 9.05 Å². The molecule has 33 heavy (non-hydrogen) atoms. The smallest absolute Gasteiger partial charge is 0.416 e. The molecule has 0 fully saturated rings. The number of nitrogens with two attached hydrogens (primary N) is 1. The minimum atomic E-state index is -4.55. The second-order valence-electron chi connectivity index (χ2n) is 6.55. The topological polar surface area (TPSA) is 103 Å². The number of aromatic nitrogens is 1. The number of nitrogens with zero attached hydrogens (tertiary/aromatic N) is 2. The van der Waals surface area contributed by atoms with Crippen molar-refractivity contribution in [2.45, 2.75) is 11.1 Å². The number of hydrogen-bond acceptors (Lipinski definition) is 5. The number of carbonyl (C=O) groups excluding carboxylic acids is 1. The third-order valence-corrected chi connectivity index (χ3v) is 6.11. The Labute approximate surface area is 195 Å². The number of halogens is 5. The minimum Gasteiger partial charge on any atom is -0.495 e. The molecule has 0 spiro atoms. The van der Waals surface area contributed by atoms with Gasteiger partial charge in [0.1, 0.15) is 16.5 Å². The van der Waals surface area contributed by atoms with Gasteiger partial charge in [-0.1, -0.05) is 23.7 Å².